The number of aromatic nitrogens is 3. The summed E-state index contributed by atoms with van der Waals surface area (Å²) in [5.41, 5.74) is 3.29. The van der Waals surface area contributed by atoms with Crippen LogP contribution in [0.3, 0.4) is 0 Å². The second-order valence-corrected chi connectivity index (χ2v) is 7.31. The molecule has 0 fully saturated rings. The maximum absolute atomic E-state index is 5.47. The Hall–Kier alpha value is -2.30. The monoisotopic (exact) mass is 542 g/mol. The lowest BCUT2D eigenvalue weighted by Gasteiger charge is -2.24. The molecule has 31 heavy (non-hydrogen) atoms. The van der Waals surface area contributed by atoms with E-state index in [-0.39, 0.29) is 24.0 Å². The summed E-state index contributed by atoms with van der Waals surface area (Å²) in [5.74, 6) is 3.25. The van der Waals surface area contributed by atoms with Gasteiger partial charge in [0.2, 0.25) is 0 Å². The Kier molecular flexibility index (Phi) is 11.4. The number of nitrogens with one attached hydrogen (secondary N) is 1. The van der Waals surface area contributed by atoms with Crippen molar-refractivity contribution in [3.05, 3.63) is 47.6 Å². The van der Waals surface area contributed by atoms with E-state index < -0.39 is 0 Å². The summed E-state index contributed by atoms with van der Waals surface area (Å²) in [4.78, 5) is 6.82. The minimum absolute atomic E-state index is 0. The smallest absolute Gasteiger partial charge is 0.194 e. The molecule has 2 aromatic rings. The van der Waals surface area contributed by atoms with Crippen molar-refractivity contribution in [2.24, 2.45) is 4.99 Å². The van der Waals surface area contributed by atoms with E-state index >= 15 is 0 Å². The average Bonchev–Trinajstić information content (AvgIpc) is 3.18. The van der Waals surface area contributed by atoms with Crippen LogP contribution in [0.5, 0.6) is 11.5 Å². The largest absolute Gasteiger partial charge is 0.493 e. The quantitative estimate of drug-likeness (QED) is 0.215. The van der Waals surface area contributed by atoms with Crippen LogP contribution >= 0.6 is 24.0 Å². The van der Waals surface area contributed by atoms with Gasteiger partial charge in [0.15, 0.2) is 17.5 Å². The van der Waals surface area contributed by atoms with E-state index in [2.05, 4.69) is 45.4 Å². The number of nitrogens with zero attached hydrogens (tertiary/aromatic N) is 5. The first kappa shape index (κ1) is 26.7. The lowest BCUT2D eigenvalue weighted by molar-refractivity contribution is 0.353. The predicted molar refractivity (Wildman–Crippen MR) is 136 cm³/mol. The summed E-state index contributed by atoms with van der Waals surface area (Å²) in [6.07, 6.45) is 2.62. The zero-order valence-corrected chi connectivity index (χ0v) is 21.8. The fourth-order valence-electron chi connectivity index (χ4n) is 3.07. The summed E-state index contributed by atoms with van der Waals surface area (Å²) in [5, 5.41) is 11.6. The summed E-state index contributed by atoms with van der Waals surface area (Å²) in [6, 6.07) is 4.02. The van der Waals surface area contributed by atoms with E-state index in [1.165, 1.54) is 0 Å². The van der Waals surface area contributed by atoms with Gasteiger partial charge < -0.3 is 24.3 Å². The molecule has 0 atom stereocenters. The third kappa shape index (κ3) is 7.71. The number of ether oxygens (including phenoxy) is 2. The molecule has 0 aliphatic carbocycles. The van der Waals surface area contributed by atoms with Crippen LogP contribution in [0.4, 0.5) is 0 Å². The summed E-state index contributed by atoms with van der Waals surface area (Å²) in [6.45, 7) is 12.8. The van der Waals surface area contributed by atoms with Crippen molar-refractivity contribution in [3.8, 4) is 11.5 Å². The lowest BCUT2D eigenvalue weighted by Crippen LogP contribution is -2.40. The van der Waals surface area contributed by atoms with Crippen molar-refractivity contribution < 1.29 is 9.47 Å². The standard InChI is InChI=1S/C22H34N6O2.HI/c1-8-21-26-25-15-28(21)10-9-23-22(24-13-16(2)3)27(5)14-18-12-20(30-7)19(29-6)11-17(18)4;/h11-12,15H,2,8-10,13-14H2,1,3-7H3,(H,23,24);1H. The molecule has 0 aliphatic heterocycles. The van der Waals surface area contributed by atoms with Gasteiger partial charge in [-0.3, -0.25) is 0 Å². The van der Waals surface area contributed by atoms with Crippen LogP contribution in [0.1, 0.15) is 30.8 Å². The highest BCUT2D eigenvalue weighted by atomic mass is 127. The predicted octanol–water partition coefficient (Wildman–Crippen LogP) is 3.44. The number of guanidine groups is 1. The fraction of sp³-hybridized carbons (Fsp3) is 0.500. The third-order valence-electron chi connectivity index (χ3n) is 4.76. The van der Waals surface area contributed by atoms with E-state index in [1.807, 2.05) is 26.1 Å². The highest BCUT2D eigenvalue weighted by molar-refractivity contribution is 14.0. The van der Waals surface area contributed by atoms with Crippen LogP contribution in [-0.4, -0.2) is 60.0 Å². The Bertz CT molecular complexity index is 881. The molecule has 2 rings (SSSR count). The number of aliphatic imine (C=N–C) groups is 1. The van der Waals surface area contributed by atoms with Gasteiger partial charge in [0.25, 0.3) is 0 Å². The van der Waals surface area contributed by atoms with Gasteiger partial charge in [0, 0.05) is 33.1 Å². The summed E-state index contributed by atoms with van der Waals surface area (Å²) < 4.78 is 12.9. The Balaban J connectivity index is 0.00000480. The molecular formula is C22H35IN6O2. The molecule has 172 valence electrons. The molecule has 8 nitrogen and oxygen atoms in total. The van der Waals surface area contributed by atoms with Gasteiger partial charge in [-0.1, -0.05) is 19.1 Å². The van der Waals surface area contributed by atoms with E-state index in [0.717, 1.165) is 59.5 Å². The third-order valence-corrected chi connectivity index (χ3v) is 4.76. The van der Waals surface area contributed by atoms with Gasteiger partial charge in [-0.2, -0.15) is 0 Å². The minimum atomic E-state index is 0. The fourth-order valence-corrected chi connectivity index (χ4v) is 3.07. The number of aryl methyl sites for hydroxylation is 2. The second-order valence-electron chi connectivity index (χ2n) is 7.31. The minimum Gasteiger partial charge on any atom is -0.493 e. The lowest BCUT2D eigenvalue weighted by atomic mass is 10.1. The number of methoxy groups -OCH3 is 2. The SMILES string of the molecule is C=C(C)CN=C(NCCn1cnnc1CC)N(C)Cc1cc(OC)c(OC)cc1C.I. The van der Waals surface area contributed by atoms with Gasteiger partial charge >= 0.3 is 0 Å². The molecule has 0 radical (unpaired) electrons. The van der Waals surface area contributed by atoms with Gasteiger partial charge in [0.05, 0.1) is 20.8 Å². The Labute approximate surface area is 202 Å². The highest BCUT2D eigenvalue weighted by Gasteiger charge is 2.13. The molecular weight excluding hydrogens is 507 g/mol. The number of halogens is 1. The molecule has 1 N–H and O–H groups in total. The molecule has 0 bridgehead atoms. The molecule has 1 aromatic heterocycles. The maximum Gasteiger partial charge on any atom is 0.194 e. The van der Waals surface area contributed by atoms with Crippen molar-refractivity contribution in [1.29, 1.82) is 0 Å². The van der Waals surface area contributed by atoms with Crippen LogP contribution in [0.15, 0.2) is 35.6 Å². The first-order valence-electron chi connectivity index (χ1n) is 10.1. The summed E-state index contributed by atoms with van der Waals surface area (Å²) >= 11 is 0. The summed E-state index contributed by atoms with van der Waals surface area (Å²) in [7, 11) is 5.32. The van der Waals surface area contributed by atoms with Gasteiger partial charge in [-0.15, -0.1) is 34.2 Å². The molecule has 0 unspecified atom stereocenters. The van der Waals surface area contributed by atoms with Crippen LogP contribution in [0.25, 0.3) is 0 Å². The number of benzene rings is 1. The van der Waals surface area contributed by atoms with Crippen LogP contribution in [0.2, 0.25) is 0 Å². The molecule has 9 heteroatoms. The Morgan fingerprint density at radius 1 is 1.26 bits per heavy atom. The maximum atomic E-state index is 5.47. The van der Waals surface area contributed by atoms with Crippen molar-refractivity contribution in [1.82, 2.24) is 25.0 Å². The number of rotatable bonds is 10. The van der Waals surface area contributed by atoms with Crippen molar-refractivity contribution in [2.75, 3.05) is 34.4 Å². The molecule has 0 amide bonds. The zero-order valence-electron chi connectivity index (χ0n) is 19.4. The van der Waals surface area contributed by atoms with E-state index in [0.29, 0.717) is 13.1 Å². The van der Waals surface area contributed by atoms with Crippen LogP contribution < -0.4 is 14.8 Å². The van der Waals surface area contributed by atoms with Gasteiger partial charge in [-0.25, -0.2) is 4.99 Å². The van der Waals surface area contributed by atoms with Crippen molar-refractivity contribution >= 4 is 29.9 Å². The van der Waals surface area contributed by atoms with Gasteiger partial charge in [-0.05, 0) is 37.1 Å². The van der Waals surface area contributed by atoms with Crippen molar-refractivity contribution in [2.45, 2.75) is 40.3 Å². The van der Waals surface area contributed by atoms with E-state index in [1.54, 1.807) is 20.5 Å². The topological polar surface area (TPSA) is 76.8 Å². The average molecular weight is 542 g/mol. The van der Waals surface area contributed by atoms with Crippen LogP contribution in [-0.2, 0) is 19.5 Å². The Morgan fingerprint density at radius 2 is 1.94 bits per heavy atom. The first-order chi connectivity index (χ1) is 14.4. The number of hydrogen-bond acceptors (Lipinski definition) is 5. The highest BCUT2D eigenvalue weighted by Crippen LogP contribution is 2.30. The van der Waals surface area contributed by atoms with Crippen LogP contribution in [0, 0.1) is 6.92 Å². The molecule has 1 aromatic carbocycles. The van der Waals surface area contributed by atoms with E-state index in [9.17, 15) is 0 Å². The first-order valence-corrected chi connectivity index (χ1v) is 10.1. The zero-order chi connectivity index (χ0) is 22.1. The van der Waals surface area contributed by atoms with Crippen molar-refractivity contribution in [3.63, 3.8) is 0 Å². The van der Waals surface area contributed by atoms with Gasteiger partial charge in [0.1, 0.15) is 12.2 Å². The second kappa shape index (κ2) is 13.2. The molecule has 0 spiro atoms. The van der Waals surface area contributed by atoms with E-state index in [4.69, 9.17) is 14.5 Å². The molecule has 1 heterocycles. The number of hydrogen-bond donors (Lipinski definition) is 1. The molecule has 0 aliphatic rings. The molecule has 0 saturated carbocycles. The Morgan fingerprint density at radius 3 is 2.55 bits per heavy atom. The molecule has 0 saturated heterocycles. The normalized spacial score (nSPS) is 11.0.